The zero-order chi connectivity index (χ0) is 15.9. The van der Waals surface area contributed by atoms with Crippen molar-refractivity contribution < 1.29 is 9.53 Å². The van der Waals surface area contributed by atoms with Gasteiger partial charge in [0, 0.05) is 42.9 Å². The first-order valence-electron chi connectivity index (χ1n) is 7.63. The maximum atomic E-state index is 12.4. The van der Waals surface area contributed by atoms with E-state index in [2.05, 4.69) is 14.9 Å². The number of nitrogens with zero attached hydrogens (tertiary/aromatic N) is 4. The van der Waals surface area contributed by atoms with Crippen molar-refractivity contribution in [3.05, 3.63) is 29.2 Å². The molecular weight excluding hydrogens is 312 g/mol. The van der Waals surface area contributed by atoms with Crippen molar-refractivity contribution in [2.24, 2.45) is 5.41 Å². The molecule has 0 aliphatic carbocycles. The van der Waals surface area contributed by atoms with Gasteiger partial charge in [-0.15, -0.1) is 0 Å². The molecule has 1 spiro atoms. The maximum Gasteiger partial charge on any atom is 0.227 e. The molecule has 0 saturated carbocycles. The number of hydrogen-bond acceptors (Lipinski definition) is 6. The Balaban J connectivity index is 1.53. The Morgan fingerprint density at radius 3 is 3.04 bits per heavy atom. The molecule has 2 saturated heterocycles. The van der Waals surface area contributed by atoms with Crippen molar-refractivity contribution in [2.45, 2.75) is 12.8 Å². The van der Waals surface area contributed by atoms with Gasteiger partial charge in [0.15, 0.2) is 0 Å². The van der Waals surface area contributed by atoms with E-state index in [1.165, 1.54) is 6.33 Å². The topological polar surface area (TPSA) is 58.6 Å². The number of thiophene rings is 1. The van der Waals surface area contributed by atoms with Gasteiger partial charge in [0.1, 0.15) is 12.1 Å². The highest BCUT2D eigenvalue weighted by Gasteiger charge is 2.48. The largest absolute Gasteiger partial charge is 0.481 e. The van der Waals surface area contributed by atoms with Crippen LogP contribution < -0.4 is 14.5 Å². The zero-order valence-corrected chi connectivity index (χ0v) is 13.8. The minimum Gasteiger partial charge on any atom is -0.481 e. The zero-order valence-electron chi connectivity index (χ0n) is 12.9. The number of anilines is 2. The molecule has 2 aromatic rings. The Morgan fingerprint density at radius 1 is 1.35 bits per heavy atom. The van der Waals surface area contributed by atoms with Crippen LogP contribution in [0.25, 0.3) is 0 Å². The maximum absolute atomic E-state index is 12.4. The van der Waals surface area contributed by atoms with Crippen LogP contribution in [0.3, 0.4) is 0 Å². The van der Waals surface area contributed by atoms with E-state index in [0.29, 0.717) is 12.3 Å². The van der Waals surface area contributed by atoms with Crippen LogP contribution in [0.15, 0.2) is 29.2 Å². The molecule has 1 atom stereocenters. The molecule has 1 amide bonds. The predicted octanol–water partition coefficient (Wildman–Crippen LogP) is 2.18. The van der Waals surface area contributed by atoms with Gasteiger partial charge in [-0.05, 0) is 17.9 Å². The quantitative estimate of drug-likeness (QED) is 0.863. The molecule has 2 aliphatic heterocycles. The van der Waals surface area contributed by atoms with Crippen LogP contribution in [0.4, 0.5) is 11.5 Å². The molecule has 120 valence electrons. The van der Waals surface area contributed by atoms with E-state index in [9.17, 15) is 4.79 Å². The van der Waals surface area contributed by atoms with E-state index in [1.807, 2.05) is 27.8 Å². The Bertz CT molecular complexity index is 721. The van der Waals surface area contributed by atoms with Crippen LogP contribution in [0, 0.1) is 5.41 Å². The van der Waals surface area contributed by atoms with Crippen molar-refractivity contribution in [2.75, 3.05) is 36.5 Å². The summed E-state index contributed by atoms with van der Waals surface area (Å²) >= 11 is 1.63. The number of amides is 1. The van der Waals surface area contributed by atoms with Gasteiger partial charge in [-0.3, -0.25) is 4.79 Å². The van der Waals surface area contributed by atoms with E-state index >= 15 is 0 Å². The average Bonchev–Trinajstić information content (AvgIpc) is 3.29. The Hall–Kier alpha value is -2.15. The summed E-state index contributed by atoms with van der Waals surface area (Å²) in [6.45, 7) is 2.55. The molecule has 0 unspecified atom stereocenters. The number of carbonyl (C=O) groups is 1. The first-order chi connectivity index (χ1) is 11.2. The summed E-state index contributed by atoms with van der Waals surface area (Å²) in [7, 11) is 1.60. The van der Waals surface area contributed by atoms with Crippen LogP contribution in [-0.4, -0.2) is 42.6 Å². The fourth-order valence-electron chi connectivity index (χ4n) is 3.56. The summed E-state index contributed by atoms with van der Waals surface area (Å²) in [4.78, 5) is 25.0. The van der Waals surface area contributed by atoms with Gasteiger partial charge in [-0.25, -0.2) is 9.97 Å². The van der Waals surface area contributed by atoms with E-state index in [1.54, 1.807) is 18.4 Å². The SMILES string of the molecule is COc1cc(N2CC[C@]3(CC(=O)N(c4ccsc4)C3)C2)ncn1. The second-order valence-corrected chi connectivity index (χ2v) is 7.01. The molecule has 2 fully saturated rings. The summed E-state index contributed by atoms with van der Waals surface area (Å²) in [5, 5.41) is 4.06. The molecule has 6 nitrogen and oxygen atoms in total. The normalized spacial score (nSPS) is 24.0. The monoisotopic (exact) mass is 330 g/mol. The van der Waals surface area contributed by atoms with Gasteiger partial charge in [0.05, 0.1) is 12.8 Å². The highest BCUT2D eigenvalue weighted by Crippen LogP contribution is 2.43. The smallest absolute Gasteiger partial charge is 0.227 e. The second-order valence-electron chi connectivity index (χ2n) is 6.23. The Morgan fingerprint density at radius 2 is 2.26 bits per heavy atom. The fourth-order valence-corrected chi connectivity index (χ4v) is 4.20. The van der Waals surface area contributed by atoms with Crippen LogP contribution in [0.1, 0.15) is 12.8 Å². The third kappa shape index (κ3) is 2.55. The van der Waals surface area contributed by atoms with Crippen LogP contribution in [0.5, 0.6) is 5.88 Å². The highest BCUT2D eigenvalue weighted by molar-refractivity contribution is 7.08. The number of hydrogen-bond donors (Lipinski definition) is 0. The van der Waals surface area contributed by atoms with Gasteiger partial charge in [-0.1, -0.05) is 0 Å². The van der Waals surface area contributed by atoms with Gasteiger partial charge in [0.25, 0.3) is 0 Å². The van der Waals surface area contributed by atoms with E-state index < -0.39 is 0 Å². The number of methoxy groups -OCH3 is 1. The average molecular weight is 330 g/mol. The first-order valence-corrected chi connectivity index (χ1v) is 8.57. The summed E-state index contributed by atoms with van der Waals surface area (Å²) in [6, 6.07) is 3.87. The lowest BCUT2D eigenvalue weighted by molar-refractivity contribution is -0.117. The molecular formula is C16H18N4O2S. The number of rotatable bonds is 3. The van der Waals surface area contributed by atoms with Crippen molar-refractivity contribution in [1.29, 1.82) is 0 Å². The minimum absolute atomic E-state index is 0.0250. The molecule has 0 aromatic carbocycles. The van der Waals surface area contributed by atoms with Crippen LogP contribution >= 0.6 is 11.3 Å². The number of carbonyl (C=O) groups excluding carboxylic acids is 1. The molecule has 2 aliphatic rings. The highest BCUT2D eigenvalue weighted by atomic mass is 32.1. The third-order valence-corrected chi connectivity index (χ3v) is 5.41. The van der Waals surface area contributed by atoms with Crippen LogP contribution in [0.2, 0.25) is 0 Å². The lowest BCUT2D eigenvalue weighted by Gasteiger charge is -2.24. The van der Waals surface area contributed by atoms with Crippen molar-refractivity contribution in [3.63, 3.8) is 0 Å². The first kappa shape index (κ1) is 14.4. The number of ether oxygens (including phenoxy) is 1. The molecule has 2 aromatic heterocycles. The molecule has 0 bridgehead atoms. The van der Waals surface area contributed by atoms with Gasteiger partial charge in [0.2, 0.25) is 11.8 Å². The predicted molar refractivity (Wildman–Crippen MR) is 89.1 cm³/mol. The molecule has 7 heteroatoms. The van der Waals surface area contributed by atoms with Crippen molar-refractivity contribution in [3.8, 4) is 5.88 Å². The van der Waals surface area contributed by atoms with Gasteiger partial charge >= 0.3 is 0 Å². The standard InChI is InChI=1S/C16H18N4O2S/c1-22-14-6-13(17-11-18-14)19-4-3-16(9-19)7-15(21)20(10-16)12-2-5-23-8-12/h2,5-6,8,11H,3-4,7,9-10H2,1H3/t16-/m0/s1. The lowest BCUT2D eigenvalue weighted by atomic mass is 9.86. The number of aromatic nitrogens is 2. The Labute approximate surface area is 138 Å². The summed E-state index contributed by atoms with van der Waals surface area (Å²) in [6.07, 6.45) is 3.14. The summed E-state index contributed by atoms with van der Waals surface area (Å²) in [5.41, 5.74) is 1.05. The van der Waals surface area contributed by atoms with E-state index in [-0.39, 0.29) is 11.3 Å². The molecule has 4 heterocycles. The fraction of sp³-hybridized carbons (Fsp3) is 0.438. The van der Waals surface area contributed by atoms with E-state index in [4.69, 9.17) is 4.74 Å². The van der Waals surface area contributed by atoms with Crippen molar-refractivity contribution >= 4 is 28.7 Å². The molecule has 4 rings (SSSR count). The van der Waals surface area contributed by atoms with Crippen LogP contribution in [-0.2, 0) is 4.79 Å². The van der Waals surface area contributed by atoms with Gasteiger partial charge < -0.3 is 14.5 Å². The minimum atomic E-state index is 0.0250. The van der Waals surface area contributed by atoms with Crippen molar-refractivity contribution in [1.82, 2.24) is 9.97 Å². The summed E-state index contributed by atoms with van der Waals surface area (Å²) in [5.74, 6) is 1.67. The molecule has 23 heavy (non-hydrogen) atoms. The molecule has 0 radical (unpaired) electrons. The third-order valence-electron chi connectivity index (χ3n) is 4.74. The van der Waals surface area contributed by atoms with Gasteiger partial charge in [-0.2, -0.15) is 11.3 Å². The molecule has 0 N–H and O–H groups in total. The van der Waals surface area contributed by atoms with E-state index in [0.717, 1.165) is 37.6 Å². The Kier molecular flexibility index (Phi) is 3.45. The second kappa shape index (κ2) is 5.49. The summed E-state index contributed by atoms with van der Waals surface area (Å²) < 4.78 is 5.18. The lowest BCUT2D eigenvalue weighted by Crippen LogP contribution is -2.31.